The second-order valence-corrected chi connectivity index (χ2v) is 7.44. The molecule has 0 aliphatic carbocycles. The Morgan fingerprint density at radius 2 is 2.26 bits per heavy atom. The molecule has 1 fully saturated rings. The topological polar surface area (TPSA) is 78.3 Å². The number of likely N-dealkylation sites (tertiary alicyclic amines) is 1. The minimum absolute atomic E-state index is 0.0975. The molecule has 7 nitrogen and oxygen atoms in total. The molecule has 0 spiro atoms. The van der Waals surface area contributed by atoms with Gasteiger partial charge in [-0.2, -0.15) is 5.10 Å². The van der Waals surface area contributed by atoms with E-state index in [1.165, 1.54) is 5.56 Å². The lowest BCUT2D eigenvalue weighted by atomic mass is 9.98. The Hall–Kier alpha value is -2.03. The average molecular weight is 390 g/mol. The van der Waals surface area contributed by atoms with E-state index in [1.807, 2.05) is 21.4 Å². The standard InChI is InChI=1S/C19H27N5O2S/c1-14-5-3-6-15(11-14)18-21-24(19(27)23(18)9-10-26-2)13-22-8-4-7-16(12-22)17(20)25/h3,5-6,11,16H,4,7-10,12-13H2,1-2H3,(H2,20,25)/t16-/m0/s1. The summed E-state index contributed by atoms with van der Waals surface area (Å²) in [6.45, 7) is 5.39. The number of amides is 1. The van der Waals surface area contributed by atoms with Gasteiger partial charge in [-0.1, -0.05) is 23.8 Å². The highest BCUT2D eigenvalue weighted by molar-refractivity contribution is 7.71. The van der Waals surface area contributed by atoms with Crippen LogP contribution in [-0.2, 0) is 22.7 Å². The van der Waals surface area contributed by atoms with Crippen molar-refractivity contribution < 1.29 is 9.53 Å². The first kappa shape index (κ1) is 19.7. The van der Waals surface area contributed by atoms with E-state index in [2.05, 4.69) is 24.0 Å². The molecule has 1 aromatic heterocycles. The summed E-state index contributed by atoms with van der Waals surface area (Å²) in [5.41, 5.74) is 7.70. The molecular weight excluding hydrogens is 362 g/mol. The molecule has 1 aliphatic heterocycles. The van der Waals surface area contributed by atoms with Crippen molar-refractivity contribution in [2.75, 3.05) is 26.8 Å². The van der Waals surface area contributed by atoms with Crippen molar-refractivity contribution in [3.63, 3.8) is 0 Å². The number of aryl methyl sites for hydroxylation is 1. The molecule has 1 atom stereocenters. The Labute approximate surface area is 164 Å². The molecule has 2 N–H and O–H groups in total. The highest BCUT2D eigenvalue weighted by atomic mass is 32.1. The predicted molar refractivity (Wildman–Crippen MR) is 107 cm³/mol. The Bertz CT molecular complexity index is 860. The minimum Gasteiger partial charge on any atom is -0.383 e. The number of piperidine rings is 1. The summed E-state index contributed by atoms with van der Waals surface area (Å²) in [7, 11) is 1.68. The van der Waals surface area contributed by atoms with Crippen LogP contribution < -0.4 is 5.73 Å². The lowest BCUT2D eigenvalue weighted by Crippen LogP contribution is -2.42. The van der Waals surface area contributed by atoms with Gasteiger partial charge in [0.25, 0.3) is 0 Å². The number of hydrogen-bond acceptors (Lipinski definition) is 5. The number of ether oxygens (including phenoxy) is 1. The summed E-state index contributed by atoms with van der Waals surface area (Å²) in [5.74, 6) is 0.512. The Morgan fingerprint density at radius 1 is 1.44 bits per heavy atom. The van der Waals surface area contributed by atoms with Crippen molar-refractivity contribution in [2.24, 2.45) is 11.7 Å². The number of benzene rings is 1. The highest BCUT2D eigenvalue weighted by Crippen LogP contribution is 2.21. The van der Waals surface area contributed by atoms with Gasteiger partial charge in [0.1, 0.15) is 0 Å². The number of nitrogens with two attached hydrogens (primary N) is 1. The molecule has 1 aliphatic rings. The van der Waals surface area contributed by atoms with Gasteiger partial charge in [-0.15, -0.1) is 0 Å². The maximum absolute atomic E-state index is 11.5. The molecule has 0 unspecified atom stereocenters. The lowest BCUT2D eigenvalue weighted by Gasteiger charge is -2.30. The quantitative estimate of drug-likeness (QED) is 0.735. The molecule has 146 valence electrons. The molecule has 1 amide bonds. The van der Waals surface area contributed by atoms with E-state index in [4.69, 9.17) is 27.8 Å². The zero-order valence-corrected chi connectivity index (χ0v) is 16.7. The molecule has 1 aromatic carbocycles. The summed E-state index contributed by atoms with van der Waals surface area (Å²) < 4.78 is 9.76. The molecule has 8 heteroatoms. The maximum atomic E-state index is 11.5. The van der Waals surface area contributed by atoms with E-state index < -0.39 is 0 Å². The van der Waals surface area contributed by atoms with Gasteiger partial charge in [-0.05, 0) is 44.6 Å². The summed E-state index contributed by atoms with van der Waals surface area (Å²) in [6, 6.07) is 8.23. The Kier molecular flexibility index (Phi) is 6.41. The van der Waals surface area contributed by atoms with Crippen LogP contribution in [0.2, 0.25) is 0 Å². The average Bonchev–Trinajstić information content (AvgIpc) is 2.96. The van der Waals surface area contributed by atoms with E-state index in [1.54, 1.807) is 7.11 Å². The first-order valence-corrected chi connectivity index (χ1v) is 9.65. The number of carbonyl (C=O) groups excluding carboxylic acids is 1. The van der Waals surface area contributed by atoms with Crippen molar-refractivity contribution in [1.29, 1.82) is 0 Å². The molecule has 27 heavy (non-hydrogen) atoms. The van der Waals surface area contributed by atoms with Gasteiger partial charge in [0.15, 0.2) is 10.6 Å². The van der Waals surface area contributed by atoms with Gasteiger partial charge in [-0.25, -0.2) is 4.68 Å². The number of hydrogen-bond donors (Lipinski definition) is 1. The fourth-order valence-corrected chi connectivity index (χ4v) is 3.80. The molecule has 1 saturated heterocycles. The van der Waals surface area contributed by atoms with Crippen LogP contribution in [0.5, 0.6) is 0 Å². The summed E-state index contributed by atoms with van der Waals surface area (Å²) in [6.07, 6.45) is 1.81. The van der Waals surface area contributed by atoms with Gasteiger partial charge in [0, 0.05) is 19.2 Å². The Morgan fingerprint density at radius 3 is 2.96 bits per heavy atom. The second-order valence-electron chi connectivity index (χ2n) is 7.08. The third-order valence-corrected chi connectivity index (χ3v) is 5.39. The van der Waals surface area contributed by atoms with Crippen LogP contribution in [0.3, 0.4) is 0 Å². The summed E-state index contributed by atoms with van der Waals surface area (Å²) in [5, 5.41) is 4.80. The summed E-state index contributed by atoms with van der Waals surface area (Å²) >= 11 is 5.70. The van der Waals surface area contributed by atoms with Crippen LogP contribution in [-0.4, -0.2) is 52.0 Å². The van der Waals surface area contributed by atoms with Gasteiger partial charge in [0.05, 0.1) is 25.7 Å². The van der Waals surface area contributed by atoms with Gasteiger partial charge in [-0.3, -0.25) is 14.3 Å². The second kappa shape index (κ2) is 8.77. The van der Waals surface area contributed by atoms with Crippen LogP contribution in [0.25, 0.3) is 11.4 Å². The molecule has 3 rings (SSSR count). The Balaban J connectivity index is 1.89. The maximum Gasteiger partial charge on any atom is 0.221 e. The van der Waals surface area contributed by atoms with Crippen molar-refractivity contribution >= 4 is 18.1 Å². The van der Waals surface area contributed by atoms with E-state index in [-0.39, 0.29) is 11.8 Å². The fourth-order valence-electron chi connectivity index (χ4n) is 3.52. The molecule has 0 radical (unpaired) electrons. The van der Waals surface area contributed by atoms with E-state index in [0.29, 0.717) is 31.1 Å². The van der Waals surface area contributed by atoms with Gasteiger partial charge < -0.3 is 10.5 Å². The number of primary amides is 1. The van der Waals surface area contributed by atoms with Crippen LogP contribution in [0.1, 0.15) is 18.4 Å². The van der Waals surface area contributed by atoms with E-state index in [0.717, 1.165) is 30.8 Å². The van der Waals surface area contributed by atoms with Crippen LogP contribution in [0, 0.1) is 17.6 Å². The number of aromatic nitrogens is 3. The predicted octanol–water partition coefficient (Wildman–Crippen LogP) is 2.19. The lowest BCUT2D eigenvalue weighted by molar-refractivity contribution is -0.123. The number of methoxy groups -OCH3 is 1. The fraction of sp³-hybridized carbons (Fsp3) is 0.526. The van der Waals surface area contributed by atoms with E-state index in [9.17, 15) is 4.79 Å². The van der Waals surface area contributed by atoms with Crippen molar-refractivity contribution in [1.82, 2.24) is 19.2 Å². The minimum atomic E-state index is -0.227. The molecule has 2 heterocycles. The molecule has 0 bridgehead atoms. The normalized spacial score (nSPS) is 17.9. The van der Waals surface area contributed by atoms with Gasteiger partial charge >= 0.3 is 0 Å². The van der Waals surface area contributed by atoms with Crippen molar-refractivity contribution in [3.05, 3.63) is 34.6 Å². The SMILES string of the molecule is COCCn1c(-c2cccc(C)c2)nn(CN2CCC[C@H](C(N)=O)C2)c1=S. The smallest absolute Gasteiger partial charge is 0.221 e. The third kappa shape index (κ3) is 4.63. The highest BCUT2D eigenvalue weighted by Gasteiger charge is 2.25. The summed E-state index contributed by atoms with van der Waals surface area (Å²) in [4.78, 5) is 13.7. The van der Waals surface area contributed by atoms with Crippen molar-refractivity contribution in [2.45, 2.75) is 33.0 Å². The molecule has 0 saturated carbocycles. The number of nitrogens with zero attached hydrogens (tertiary/aromatic N) is 4. The largest absolute Gasteiger partial charge is 0.383 e. The van der Waals surface area contributed by atoms with Gasteiger partial charge in [0.2, 0.25) is 5.91 Å². The molecular formula is C19H27N5O2S. The molecule has 2 aromatic rings. The van der Waals surface area contributed by atoms with Crippen molar-refractivity contribution in [3.8, 4) is 11.4 Å². The number of carbonyl (C=O) groups is 1. The van der Waals surface area contributed by atoms with Crippen LogP contribution in [0.4, 0.5) is 0 Å². The first-order valence-electron chi connectivity index (χ1n) is 9.25. The monoisotopic (exact) mass is 389 g/mol. The zero-order valence-electron chi connectivity index (χ0n) is 15.9. The third-order valence-electron chi connectivity index (χ3n) is 4.96. The number of rotatable bonds is 7. The van der Waals surface area contributed by atoms with E-state index >= 15 is 0 Å². The zero-order chi connectivity index (χ0) is 19.4. The first-order chi connectivity index (χ1) is 13.0. The van der Waals surface area contributed by atoms with Crippen LogP contribution in [0.15, 0.2) is 24.3 Å². The van der Waals surface area contributed by atoms with Crippen LogP contribution >= 0.6 is 12.2 Å².